The lowest BCUT2D eigenvalue weighted by Crippen LogP contribution is -2.46. The standard InChI is InChI=1S/C20H24N6O3/c1-25-13-16(22-14-25)18(27)26-10-5-20(6-11-26,7-12-28-2)19-23-17(29-24-19)15-3-8-21-9-4-15/h3-4,8-9,13-14H,5-7,10-12H2,1-2H3. The molecule has 1 amide bonds. The zero-order chi connectivity index (χ0) is 20.3. The van der Waals surface area contributed by atoms with Crippen LogP contribution in [0.25, 0.3) is 11.5 Å². The second-order valence-electron chi connectivity index (χ2n) is 7.40. The van der Waals surface area contributed by atoms with Crippen molar-refractivity contribution < 1.29 is 14.1 Å². The van der Waals surface area contributed by atoms with E-state index < -0.39 is 0 Å². The number of hydrogen-bond donors (Lipinski definition) is 0. The van der Waals surface area contributed by atoms with Crippen LogP contribution in [0.15, 0.2) is 41.6 Å². The van der Waals surface area contributed by atoms with Gasteiger partial charge < -0.3 is 18.7 Å². The molecule has 0 N–H and O–H groups in total. The predicted octanol–water partition coefficient (Wildman–Crippen LogP) is 2.08. The fraction of sp³-hybridized carbons (Fsp3) is 0.450. The highest BCUT2D eigenvalue weighted by Crippen LogP contribution is 2.38. The lowest BCUT2D eigenvalue weighted by atomic mass is 9.75. The zero-order valence-electron chi connectivity index (χ0n) is 16.6. The van der Waals surface area contributed by atoms with E-state index in [0.29, 0.717) is 37.1 Å². The first-order valence-corrected chi connectivity index (χ1v) is 9.62. The number of aromatic nitrogens is 5. The third kappa shape index (κ3) is 3.91. The molecule has 9 nitrogen and oxygen atoms in total. The van der Waals surface area contributed by atoms with Gasteiger partial charge in [0.1, 0.15) is 5.69 Å². The van der Waals surface area contributed by atoms with Crippen LogP contribution in [0.4, 0.5) is 0 Å². The topological polar surface area (TPSA) is 99.2 Å². The smallest absolute Gasteiger partial charge is 0.274 e. The Labute approximate surface area is 168 Å². The molecule has 0 atom stereocenters. The summed E-state index contributed by atoms with van der Waals surface area (Å²) in [5.41, 5.74) is 1.02. The summed E-state index contributed by atoms with van der Waals surface area (Å²) in [6, 6.07) is 3.68. The summed E-state index contributed by atoms with van der Waals surface area (Å²) in [6.07, 6.45) is 9.03. The molecule has 0 unspecified atom stereocenters. The van der Waals surface area contributed by atoms with Crippen molar-refractivity contribution in [2.75, 3.05) is 26.8 Å². The normalized spacial score (nSPS) is 16.1. The predicted molar refractivity (Wildman–Crippen MR) is 104 cm³/mol. The molecule has 0 aromatic carbocycles. The summed E-state index contributed by atoms with van der Waals surface area (Å²) in [4.78, 5) is 27.5. The van der Waals surface area contributed by atoms with E-state index in [-0.39, 0.29) is 11.3 Å². The fourth-order valence-corrected chi connectivity index (χ4v) is 3.76. The number of pyridine rings is 1. The molecule has 0 radical (unpaired) electrons. The maximum absolute atomic E-state index is 12.7. The molecule has 0 spiro atoms. The van der Waals surface area contributed by atoms with Crippen LogP contribution < -0.4 is 0 Å². The number of carbonyl (C=O) groups is 1. The van der Waals surface area contributed by atoms with Crippen molar-refractivity contribution in [2.24, 2.45) is 7.05 Å². The van der Waals surface area contributed by atoms with Crippen molar-refractivity contribution >= 4 is 5.91 Å². The first-order chi connectivity index (χ1) is 14.1. The Bertz CT molecular complexity index is 960. The number of likely N-dealkylation sites (tertiary alicyclic amines) is 1. The number of carbonyl (C=O) groups excluding carboxylic acids is 1. The number of aryl methyl sites for hydroxylation is 1. The lowest BCUT2D eigenvalue weighted by Gasteiger charge is -2.39. The van der Waals surface area contributed by atoms with Crippen LogP contribution in [0.3, 0.4) is 0 Å². The first kappa shape index (κ1) is 19.3. The molecule has 152 valence electrons. The zero-order valence-corrected chi connectivity index (χ0v) is 16.6. The second kappa shape index (κ2) is 8.12. The molecule has 3 aromatic rings. The number of rotatable bonds is 6. The minimum atomic E-state index is -0.286. The molecule has 1 aliphatic heterocycles. The van der Waals surface area contributed by atoms with E-state index in [1.807, 2.05) is 24.1 Å². The maximum Gasteiger partial charge on any atom is 0.274 e. The van der Waals surface area contributed by atoms with Gasteiger partial charge >= 0.3 is 0 Å². The van der Waals surface area contributed by atoms with Crippen LogP contribution >= 0.6 is 0 Å². The van der Waals surface area contributed by atoms with E-state index in [2.05, 4.69) is 20.1 Å². The largest absolute Gasteiger partial charge is 0.385 e. The summed E-state index contributed by atoms with van der Waals surface area (Å²) in [6.45, 7) is 1.81. The summed E-state index contributed by atoms with van der Waals surface area (Å²) in [5.74, 6) is 1.11. The van der Waals surface area contributed by atoms with Crippen LogP contribution in [0.1, 0.15) is 35.6 Å². The molecule has 0 saturated carbocycles. The number of methoxy groups -OCH3 is 1. The van der Waals surface area contributed by atoms with Crippen LogP contribution in [0.2, 0.25) is 0 Å². The Balaban J connectivity index is 1.53. The van der Waals surface area contributed by atoms with E-state index in [4.69, 9.17) is 9.26 Å². The Kier molecular flexibility index (Phi) is 5.39. The van der Waals surface area contributed by atoms with Gasteiger partial charge in [-0.15, -0.1) is 0 Å². The minimum absolute atomic E-state index is 0.0449. The van der Waals surface area contributed by atoms with Crippen LogP contribution in [0, 0.1) is 0 Å². The van der Waals surface area contributed by atoms with Crippen molar-refractivity contribution in [3.8, 4) is 11.5 Å². The Hall–Kier alpha value is -3.07. The number of hydrogen-bond acceptors (Lipinski definition) is 7. The van der Waals surface area contributed by atoms with Gasteiger partial charge in [0.05, 0.1) is 6.33 Å². The van der Waals surface area contributed by atoms with E-state index in [0.717, 1.165) is 24.8 Å². The highest BCUT2D eigenvalue weighted by Gasteiger charge is 2.41. The average Bonchev–Trinajstić information content (AvgIpc) is 3.43. The number of ether oxygens (including phenoxy) is 1. The Morgan fingerprint density at radius 2 is 2.03 bits per heavy atom. The number of amides is 1. The van der Waals surface area contributed by atoms with Gasteiger partial charge in [-0.25, -0.2) is 4.98 Å². The van der Waals surface area contributed by atoms with Crippen molar-refractivity contribution in [1.29, 1.82) is 0 Å². The van der Waals surface area contributed by atoms with Crippen molar-refractivity contribution in [3.63, 3.8) is 0 Å². The first-order valence-electron chi connectivity index (χ1n) is 9.62. The van der Waals surface area contributed by atoms with E-state index in [1.54, 1.807) is 36.6 Å². The third-order valence-electron chi connectivity index (χ3n) is 5.54. The quantitative estimate of drug-likeness (QED) is 0.629. The van der Waals surface area contributed by atoms with Crippen molar-refractivity contribution in [1.82, 2.24) is 29.6 Å². The molecule has 0 aliphatic carbocycles. The minimum Gasteiger partial charge on any atom is -0.385 e. The lowest BCUT2D eigenvalue weighted by molar-refractivity contribution is 0.0611. The maximum atomic E-state index is 12.7. The molecule has 9 heteroatoms. The van der Waals surface area contributed by atoms with Gasteiger partial charge in [0.25, 0.3) is 11.8 Å². The second-order valence-corrected chi connectivity index (χ2v) is 7.40. The third-order valence-corrected chi connectivity index (χ3v) is 5.54. The van der Waals surface area contributed by atoms with Gasteiger partial charge in [0.2, 0.25) is 0 Å². The molecular formula is C20H24N6O3. The molecule has 0 bridgehead atoms. The highest BCUT2D eigenvalue weighted by atomic mass is 16.5. The highest BCUT2D eigenvalue weighted by molar-refractivity contribution is 5.92. The van der Waals surface area contributed by atoms with Crippen molar-refractivity contribution in [3.05, 3.63) is 48.6 Å². The molecule has 1 saturated heterocycles. The van der Waals surface area contributed by atoms with Crippen LogP contribution in [0.5, 0.6) is 0 Å². The molecule has 3 aromatic heterocycles. The summed E-state index contributed by atoms with van der Waals surface area (Å²) >= 11 is 0. The van der Waals surface area contributed by atoms with E-state index in [9.17, 15) is 4.79 Å². The van der Waals surface area contributed by atoms with Gasteiger partial charge in [-0.05, 0) is 31.4 Å². The Morgan fingerprint density at radius 3 is 2.69 bits per heavy atom. The van der Waals surface area contributed by atoms with Gasteiger partial charge in [-0.3, -0.25) is 9.78 Å². The summed E-state index contributed by atoms with van der Waals surface area (Å²) < 4.78 is 12.7. The van der Waals surface area contributed by atoms with Crippen LogP contribution in [-0.2, 0) is 17.2 Å². The summed E-state index contributed by atoms with van der Waals surface area (Å²) in [7, 11) is 3.54. The number of piperidine rings is 1. The van der Waals surface area contributed by atoms with Gasteiger partial charge in [0.15, 0.2) is 5.82 Å². The summed E-state index contributed by atoms with van der Waals surface area (Å²) in [5, 5.41) is 4.29. The van der Waals surface area contributed by atoms with Crippen LogP contribution in [-0.4, -0.2) is 62.3 Å². The fourth-order valence-electron chi connectivity index (χ4n) is 3.76. The van der Waals surface area contributed by atoms with E-state index in [1.165, 1.54) is 0 Å². The molecule has 4 rings (SSSR count). The monoisotopic (exact) mass is 396 g/mol. The van der Waals surface area contributed by atoms with Crippen molar-refractivity contribution in [2.45, 2.75) is 24.7 Å². The molecule has 1 fully saturated rings. The molecule has 29 heavy (non-hydrogen) atoms. The van der Waals surface area contributed by atoms with Gasteiger partial charge in [-0.1, -0.05) is 5.16 Å². The van der Waals surface area contributed by atoms with Gasteiger partial charge in [0, 0.05) is 63.4 Å². The average molecular weight is 396 g/mol. The Morgan fingerprint density at radius 1 is 1.28 bits per heavy atom. The molecular weight excluding hydrogens is 372 g/mol. The SMILES string of the molecule is COCCC1(c2noc(-c3ccncc3)n2)CCN(C(=O)c2cn(C)cn2)CC1. The number of imidazole rings is 1. The molecule has 4 heterocycles. The molecule has 1 aliphatic rings. The van der Waals surface area contributed by atoms with Gasteiger partial charge in [-0.2, -0.15) is 4.98 Å². The van der Waals surface area contributed by atoms with E-state index >= 15 is 0 Å². The number of nitrogens with zero attached hydrogens (tertiary/aromatic N) is 6.